The minimum atomic E-state index is -0.0242. The lowest BCUT2D eigenvalue weighted by Gasteiger charge is -2.58. The second-order valence-electron chi connectivity index (χ2n) is 9.48. The Bertz CT molecular complexity index is 974. The zero-order valence-corrected chi connectivity index (χ0v) is 16.9. The van der Waals surface area contributed by atoms with Gasteiger partial charge in [0, 0.05) is 30.0 Å². The van der Waals surface area contributed by atoms with Crippen molar-refractivity contribution < 1.29 is 19.0 Å². The molecule has 0 aromatic heterocycles. The number of hydrogen-bond acceptors (Lipinski definition) is 5. The molecule has 1 spiro atoms. The number of carbonyl (C=O) groups is 1. The van der Waals surface area contributed by atoms with E-state index in [1.54, 1.807) is 19.8 Å². The largest absolute Gasteiger partial charge is 0.493 e. The molecule has 6 atom stereocenters. The molecule has 1 saturated carbocycles. The van der Waals surface area contributed by atoms with Gasteiger partial charge in [0.15, 0.2) is 11.5 Å². The summed E-state index contributed by atoms with van der Waals surface area (Å²) in [6, 6.07) is 4.87. The zero-order chi connectivity index (χ0) is 19.5. The van der Waals surface area contributed by atoms with Crippen LogP contribution in [0.4, 0.5) is 5.69 Å². The fraction of sp³-hybridized carbons (Fsp3) is 0.609. The number of hydrogen-bond donors (Lipinski definition) is 0. The van der Waals surface area contributed by atoms with Crippen LogP contribution in [-0.2, 0) is 14.9 Å². The number of ether oxygens (including phenoxy) is 3. The van der Waals surface area contributed by atoms with Gasteiger partial charge in [-0.15, -0.1) is 0 Å². The van der Waals surface area contributed by atoms with Gasteiger partial charge in [-0.2, -0.15) is 0 Å². The van der Waals surface area contributed by atoms with Gasteiger partial charge >= 0.3 is 0 Å². The number of methoxy groups -OCH3 is 2. The topological polar surface area (TPSA) is 51.2 Å². The summed E-state index contributed by atoms with van der Waals surface area (Å²) in [6.45, 7) is 2.80. The number of rotatable bonds is 2. The van der Waals surface area contributed by atoms with Crippen molar-refractivity contribution in [2.24, 2.45) is 11.8 Å². The molecule has 6 nitrogen and oxygen atoms in total. The molecule has 7 rings (SSSR count). The third-order valence-corrected chi connectivity index (χ3v) is 8.81. The lowest BCUT2D eigenvalue weighted by atomic mass is 9.53. The highest BCUT2D eigenvalue weighted by Gasteiger charge is 2.71. The number of carbonyl (C=O) groups excluding carboxylic acids is 1. The summed E-state index contributed by atoms with van der Waals surface area (Å²) in [5, 5.41) is 0. The number of amides is 1. The lowest BCUT2D eigenvalue weighted by molar-refractivity contribution is -0.132. The molecule has 0 radical (unpaired) electrons. The van der Waals surface area contributed by atoms with E-state index < -0.39 is 0 Å². The van der Waals surface area contributed by atoms with Gasteiger partial charge in [0.05, 0.1) is 45.1 Å². The van der Waals surface area contributed by atoms with E-state index in [2.05, 4.69) is 21.9 Å². The van der Waals surface area contributed by atoms with E-state index in [0.717, 1.165) is 30.9 Å². The molecule has 1 unspecified atom stereocenters. The maximum atomic E-state index is 13.5. The Morgan fingerprint density at radius 2 is 2.03 bits per heavy atom. The summed E-state index contributed by atoms with van der Waals surface area (Å²) in [4.78, 5) is 18.3. The molecule has 3 saturated heterocycles. The average Bonchev–Trinajstić information content (AvgIpc) is 3.20. The van der Waals surface area contributed by atoms with Crippen LogP contribution in [0.3, 0.4) is 0 Å². The summed E-state index contributed by atoms with van der Waals surface area (Å²) >= 11 is 0. The van der Waals surface area contributed by atoms with E-state index >= 15 is 0 Å². The predicted octanol–water partition coefficient (Wildman–Crippen LogP) is 2.11. The third kappa shape index (κ3) is 1.76. The minimum absolute atomic E-state index is 0.0242. The minimum Gasteiger partial charge on any atom is -0.493 e. The van der Waals surface area contributed by atoms with Gasteiger partial charge in [0.2, 0.25) is 5.91 Å². The van der Waals surface area contributed by atoms with Crippen LogP contribution in [0.1, 0.15) is 24.8 Å². The van der Waals surface area contributed by atoms with E-state index in [0.29, 0.717) is 36.7 Å². The van der Waals surface area contributed by atoms with E-state index in [1.165, 1.54) is 12.0 Å². The number of benzene rings is 1. The van der Waals surface area contributed by atoms with Gasteiger partial charge in [-0.25, -0.2) is 0 Å². The summed E-state index contributed by atoms with van der Waals surface area (Å²) in [5.74, 6) is 2.57. The van der Waals surface area contributed by atoms with Crippen LogP contribution in [0.25, 0.3) is 0 Å². The van der Waals surface area contributed by atoms with E-state index in [9.17, 15) is 4.79 Å². The number of fused-ring (bicyclic) bond motifs is 2. The normalized spacial score (nSPS) is 41.0. The van der Waals surface area contributed by atoms with Crippen molar-refractivity contribution in [1.29, 1.82) is 0 Å². The predicted molar refractivity (Wildman–Crippen MR) is 107 cm³/mol. The first kappa shape index (κ1) is 16.7. The van der Waals surface area contributed by atoms with E-state index in [1.807, 2.05) is 6.07 Å². The zero-order valence-electron chi connectivity index (χ0n) is 16.9. The van der Waals surface area contributed by atoms with Gasteiger partial charge < -0.3 is 19.1 Å². The summed E-state index contributed by atoms with van der Waals surface area (Å²) in [7, 11) is 3.36. The van der Waals surface area contributed by atoms with Crippen molar-refractivity contribution in [2.45, 2.75) is 42.9 Å². The summed E-state index contributed by atoms with van der Waals surface area (Å²) < 4.78 is 17.6. The summed E-state index contributed by atoms with van der Waals surface area (Å²) in [5.41, 5.74) is 3.85. The quantitative estimate of drug-likeness (QED) is 0.719. The fourth-order valence-electron chi connectivity index (χ4n) is 7.87. The van der Waals surface area contributed by atoms with E-state index in [4.69, 9.17) is 14.2 Å². The van der Waals surface area contributed by atoms with Crippen molar-refractivity contribution >= 4 is 11.6 Å². The molecule has 0 N–H and O–H groups in total. The smallest absolute Gasteiger partial charge is 0.229 e. The van der Waals surface area contributed by atoms with Gasteiger partial charge in [-0.05, 0) is 36.9 Å². The summed E-state index contributed by atoms with van der Waals surface area (Å²) in [6.07, 6.45) is 5.11. The maximum Gasteiger partial charge on any atom is 0.229 e. The molecule has 29 heavy (non-hydrogen) atoms. The molecule has 1 aromatic carbocycles. The Labute approximate surface area is 170 Å². The molecule has 5 heterocycles. The van der Waals surface area contributed by atoms with Crippen LogP contribution in [0.15, 0.2) is 23.8 Å². The van der Waals surface area contributed by atoms with Crippen molar-refractivity contribution in [3.63, 3.8) is 0 Å². The maximum absolute atomic E-state index is 13.5. The fourth-order valence-corrected chi connectivity index (χ4v) is 7.87. The van der Waals surface area contributed by atoms with Gasteiger partial charge in [0.1, 0.15) is 0 Å². The number of piperidine rings is 2. The van der Waals surface area contributed by atoms with Crippen molar-refractivity contribution in [1.82, 2.24) is 4.90 Å². The van der Waals surface area contributed by atoms with Gasteiger partial charge in [0.25, 0.3) is 0 Å². The highest BCUT2D eigenvalue weighted by atomic mass is 16.5. The van der Waals surface area contributed by atoms with Crippen LogP contribution in [0.2, 0.25) is 0 Å². The van der Waals surface area contributed by atoms with E-state index in [-0.39, 0.29) is 23.5 Å². The standard InChI is InChI=1S/C23H26N2O4/c1-27-16-8-14-15(9-17(16)28-2)25-20(26)10-18-21-13-7-19-23(14,22(21)25)4-5-24(19)11-12(13)3-6-29-18/h3,8-9,13,18-19,21-22H,4-7,10-11H2,1-2H3/t13-,18-,19-,21-,22?,23+/m1/s1. The molecule has 2 bridgehead atoms. The first-order valence-electron chi connectivity index (χ1n) is 10.8. The molecule has 1 aromatic rings. The molecule has 5 aliphatic heterocycles. The Morgan fingerprint density at radius 3 is 2.86 bits per heavy atom. The van der Waals surface area contributed by atoms with Crippen LogP contribution in [0, 0.1) is 11.8 Å². The Hall–Kier alpha value is -2.05. The monoisotopic (exact) mass is 394 g/mol. The molecule has 6 aliphatic rings. The van der Waals surface area contributed by atoms with Crippen molar-refractivity contribution in [3.05, 3.63) is 29.3 Å². The molecule has 1 aliphatic carbocycles. The van der Waals surface area contributed by atoms with Crippen LogP contribution < -0.4 is 14.4 Å². The highest BCUT2D eigenvalue weighted by Crippen LogP contribution is 2.66. The molecule has 152 valence electrons. The Kier molecular flexibility index (Phi) is 3.08. The van der Waals surface area contributed by atoms with Crippen LogP contribution in [-0.4, -0.2) is 62.9 Å². The molecule has 6 heteroatoms. The number of nitrogens with zero attached hydrogens (tertiary/aromatic N) is 2. The highest BCUT2D eigenvalue weighted by molar-refractivity contribution is 5.99. The molecular formula is C23H26N2O4. The first-order valence-corrected chi connectivity index (χ1v) is 10.8. The second-order valence-corrected chi connectivity index (χ2v) is 9.48. The molecule has 1 amide bonds. The first-order chi connectivity index (χ1) is 14.2. The van der Waals surface area contributed by atoms with Crippen LogP contribution in [0.5, 0.6) is 11.5 Å². The van der Waals surface area contributed by atoms with Crippen LogP contribution >= 0.6 is 0 Å². The Morgan fingerprint density at radius 1 is 1.21 bits per heavy atom. The second kappa shape index (κ2) is 5.35. The number of anilines is 1. The van der Waals surface area contributed by atoms with Gasteiger partial charge in [-0.3, -0.25) is 9.69 Å². The average molecular weight is 394 g/mol. The lowest BCUT2D eigenvalue weighted by Crippen LogP contribution is -2.69. The van der Waals surface area contributed by atoms with Gasteiger partial charge in [-0.1, -0.05) is 11.6 Å². The third-order valence-electron chi connectivity index (χ3n) is 8.81. The van der Waals surface area contributed by atoms with Crippen molar-refractivity contribution in [3.8, 4) is 11.5 Å². The SMILES string of the molecule is COc1cc2c(cc1OC)[C@]13CCN4CC5=CCO[C@@H]6CC(=O)N2C1[C@@H]6[C@@H]5C[C@@H]43. The molecule has 4 fully saturated rings. The molecular weight excluding hydrogens is 368 g/mol. The Balaban J connectivity index is 1.52. The van der Waals surface area contributed by atoms with Crippen molar-refractivity contribution in [2.75, 3.05) is 38.8 Å².